The number of hydrogen-bond acceptors (Lipinski definition) is 4. The van der Waals surface area contributed by atoms with Crippen LogP contribution in [0.4, 0.5) is 11.6 Å². The van der Waals surface area contributed by atoms with Crippen LogP contribution in [0.5, 0.6) is 0 Å². The van der Waals surface area contributed by atoms with Crippen LogP contribution in [0.1, 0.15) is 26.2 Å². The summed E-state index contributed by atoms with van der Waals surface area (Å²) in [5, 5.41) is 3.67. The average Bonchev–Trinajstić information content (AvgIpc) is 3.01. The molecular formula is C10H15ClN4. The van der Waals surface area contributed by atoms with Crippen molar-refractivity contribution in [2.45, 2.75) is 26.2 Å². The molecular weight excluding hydrogens is 212 g/mol. The smallest absolute Gasteiger partial charge is 0.150 e. The molecule has 0 spiro atoms. The van der Waals surface area contributed by atoms with Crippen molar-refractivity contribution < 1.29 is 0 Å². The standard InChI is InChI=1S/C10H15ClN4/c1-2-10(3-4-10)5-13-9-7(11)8(12)14-6-15-9/h6H,2-5H2,1H3,(H3,12,13,14,15). The first-order valence-electron chi connectivity index (χ1n) is 5.17. The van der Waals surface area contributed by atoms with Crippen molar-refractivity contribution in [3.8, 4) is 0 Å². The molecule has 1 aliphatic carbocycles. The molecule has 1 aliphatic rings. The highest BCUT2D eigenvalue weighted by atomic mass is 35.5. The maximum Gasteiger partial charge on any atom is 0.150 e. The highest BCUT2D eigenvalue weighted by Gasteiger charge is 2.40. The Morgan fingerprint density at radius 2 is 2.27 bits per heavy atom. The van der Waals surface area contributed by atoms with Gasteiger partial charge >= 0.3 is 0 Å². The van der Waals surface area contributed by atoms with Crippen molar-refractivity contribution in [1.29, 1.82) is 0 Å². The molecule has 0 bridgehead atoms. The van der Waals surface area contributed by atoms with Gasteiger partial charge < -0.3 is 11.1 Å². The van der Waals surface area contributed by atoms with E-state index >= 15 is 0 Å². The fourth-order valence-corrected chi connectivity index (χ4v) is 1.77. The summed E-state index contributed by atoms with van der Waals surface area (Å²) in [6, 6.07) is 0. The van der Waals surface area contributed by atoms with Gasteiger partial charge in [0.05, 0.1) is 0 Å². The Balaban J connectivity index is 2.02. The Labute approximate surface area is 94.2 Å². The van der Waals surface area contributed by atoms with Crippen LogP contribution in [0, 0.1) is 5.41 Å². The van der Waals surface area contributed by atoms with E-state index < -0.39 is 0 Å². The van der Waals surface area contributed by atoms with Gasteiger partial charge in [-0.2, -0.15) is 0 Å². The van der Waals surface area contributed by atoms with Gasteiger partial charge in [0.15, 0.2) is 0 Å². The minimum absolute atomic E-state index is 0.329. The molecule has 4 nitrogen and oxygen atoms in total. The zero-order chi connectivity index (χ0) is 10.9. The van der Waals surface area contributed by atoms with Gasteiger partial charge in [0.1, 0.15) is 23.0 Å². The van der Waals surface area contributed by atoms with E-state index in [9.17, 15) is 0 Å². The van der Waals surface area contributed by atoms with Gasteiger partial charge in [-0.05, 0) is 24.7 Å². The third-order valence-electron chi connectivity index (χ3n) is 3.15. The van der Waals surface area contributed by atoms with Crippen molar-refractivity contribution in [2.24, 2.45) is 5.41 Å². The maximum atomic E-state index is 5.97. The van der Waals surface area contributed by atoms with Crippen LogP contribution in [-0.4, -0.2) is 16.5 Å². The Morgan fingerprint density at radius 3 is 2.87 bits per heavy atom. The van der Waals surface area contributed by atoms with Crippen molar-refractivity contribution in [3.63, 3.8) is 0 Å². The molecule has 5 heteroatoms. The Bertz CT molecular complexity index is 362. The van der Waals surface area contributed by atoms with Crippen LogP contribution in [-0.2, 0) is 0 Å². The van der Waals surface area contributed by atoms with Crippen LogP contribution in [0.25, 0.3) is 0 Å². The molecule has 0 amide bonds. The van der Waals surface area contributed by atoms with E-state index in [1.807, 2.05) is 0 Å². The molecule has 1 fully saturated rings. The Hall–Kier alpha value is -1.03. The van der Waals surface area contributed by atoms with Crippen molar-refractivity contribution in [2.75, 3.05) is 17.6 Å². The number of aromatic nitrogens is 2. The lowest BCUT2D eigenvalue weighted by Crippen LogP contribution is -2.15. The van der Waals surface area contributed by atoms with Crippen molar-refractivity contribution in [3.05, 3.63) is 11.3 Å². The molecule has 82 valence electrons. The molecule has 1 aromatic heterocycles. The number of anilines is 2. The third kappa shape index (κ3) is 2.15. The van der Waals surface area contributed by atoms with E-state index in [1.165, 1.54) is 25.6 Å². The van der Waals surface area contributed by atoms with Crippen LogP contribution in [0.15, 0.2) is 6.33 Å². The summed E-state index contributed by atoms with van der Waals surface area (Å²) < 4.78 is 0. The molecule has 1 heterocycles. The topological polar surface area (TPSA) is 63.8 Å². The van der Waals surface area contributed by atoms with Gasteiger partial charge in [-0.25, -0.2) is 9.97 Å². The number of nitrogens with one attached hydrogen (secondary N) is 1. The summed E-state index contributed by atoms with van der Waals surface area (Å²) in [5.74, 6) is 0.972. The summed E-state index contributed by atoms with van der Waals surface area (Å²) in [7, 11) is 0. The molecule has 0 atom stereocenters. The van der Waals surface area contributed by atoms with Gasteiger partial charge in [0, 0.05) is 6.54 Å². The SMILES string of the molecule is CCC1(CNc2ncnc(N)c2Cl)CC1. The zero-order valence-electron chi connectivity index (χ0n) is 8.76. The van der Waals surface area contributed by atoms with Gasteiger partial charge in [-0.15, -0.1) is 0 Å². The summed E-state index contributed by atoms with van der Waals surface area (Å²) in [4.78, 5) is 7.88. The number of hydrogen-bond donors (Lipinski definition) is 2. The van der Waals surface area contributed by atoms with Gasteiger partial charge in [-0.3, -0.25) is 0 Å². The van der Waals surface area contributed by atoms with E-state index in [1.54, 1.807) is 0 Å². The molecule has 0 aliphatic heterocycles. The minimum Gasteiger partial charge on any atom is -0.382 e. The summed E-state index contributed by atoms with van der Waals surface area (Å²) in [6.07, 6.45) is 5.19. The number of halogens is 1. The summed E-state index contributed by atoms with van der Waals surface area (Å²) >= 11 is 5.97. The Morgan fingerprint density at radius 1 is 1.53 bits per heavy atom. The molecule has 2 rings (SSSR count). The lowest BCUT2D eigenvalue weighted by atomic mass is 10.0. The second kappa shape index (κ2) is 3.85. The van der Waals surface area contributed by atoms with Gasteiger partial charge in [0.25, 0.3) is 0 Å². The van der Waals surface area contributed by atoms with E-state index in [2.05, 4.69) is 22.2 Å². The first-order chi connectivity index (χ1) is 7.17. The van der Waals surface area contributed by atoms with E-state index in [0.29, 0.717) is 22.1 Å². The highest BCUT2D eigenvalue weighted by Crippen LogP contribution is 2.48. The van der Waals surface area contributed by atoms with Crippen LogP contribution >= 0.6 is 11.6 Å². The predicted octanol–water partition coefficient (Wildman–Crippen LogP) is 2.31. The van der Waals surface area contributed by atoms with Gasteiger partial charge in [0.2, 0.25) is 0 Å². The number of rotatable bonds is 4. The third-order valence-corrected chi connectivity index (χ3v) is 3.53. The van der Waals surface area contributed by atoms with E-state index in [-0.39, 0.29) is 0 Å². The molecule has 1 aromatic rings. The second-order valence-corrected chi connectivity index (χ2v) is 4.51. The van der Waals surface area contributed by atoms with Crippen LogP contribution in [0.2, 0.25) is 5.02 Å². The Kier molecular flexibility index (Phi) is 2.69. The fourth-order valence-electron chi connectivity index (χ4n) is 1.61. The first kappa shape index (κ1) is 10.5. The van der Waals surface area contributed by atoms with Crippen molar-refractivity contribution >= 4 is 23.2 Å². The molecule has 1 saturated carbocycles. The van der Waals surface area contributed by atoms with E-state index in [0.717, 1.165) is 6.54 Å². The monoisotopic (exact) mass is 226 g/mol. The number of nitrogens with two attached hydrogens (primary N) is 1. The molecule has 0 aromatic carbocycles. The maximum absolute atomic E-state index is 5.97. The van der Waals surface area contributed by atoms with Gasteiger partial charge in [-0.1, -0.05) is 18.5 Å². The lowest BCUT2D eigenvalue weighted by molar-refractivity contribution is 0.520. The first-order valence-corrected chi connectivity index (χ1v) is 5.54. The van der Waals surface area contributed by atoms with E-state index in [4.69, 9.17) is 17.3 Å². The predicted molar refractivity (Wildman–Crippen MR) is 61.9 cm³/mol. The molecule has 0 saturated heterocycles. The highest BCUT2D eigenvalue weighted by molar-refractivity contribution is 6.35. The van der Waals surface area contributed by atoms with Crippen LogP contribution in [0.3, 0.4) is 0 Å². The molecule has 3 N–H and O–H groups in total. The molecule has 15 heavy (non-hydrogen) atoms. The van der Waals surface area contributed by atoms with Crippen molar-refractivity contribution in [1.82, 2.24) is 9.97 Å². The average molecular weight is 227 g/mol. The normalized spacial score (nSPS) is 17.5. The minimum atomic E-state index is 0.329. The zero-order valence-corrected chi connectivity index (χ0v) is 9.51. The summed E-state index contributed by atoms with van der Waals surface area (Å²) in [6.45, 7) is 3.13. The largest absolute Gasteiger partial charge is 0.382 e. The van der Waals surface area contributed by atoms with Crippen LogP contribution < -0.4 is 11.1 Å². The fraction of sp³-hybridized carbons (Fsp3) is 0.600. The molecule has 0 radical (unpaired) electrons. The summed E-state index contributed by atoms with van der Waals surface area (Å²) in [5.41, 5.74) is 6.05. The lowest BCUT2D eigenvalue weighted by Gasteiger charge is -2.14. The number of nitrogens with zero attached hydrogens (tertiary/aromatic N) is 2. The quantitative estimate of drug-likeness (QED) is 0.827. The number of nitrogen functional groups attached to an aromatic ring is 1. The molecule has 0 unspecified atom stereocenters. The second-order valence-electron chi connectivity index (χ2n) is 4.13.